The number of rotatable bonds is 3. The SMILES string of the molecule is CC(C)c1ccc(C#N)c(=O)n1Cc1ccccc1Cl. The Hall–Kier alpha value is -2.05. The average molecular weight is 287 g/mol. The predicted molar refractivity (Wildman–Crippen MR) is 80.1 cm³/mol. The van der Waals surface area contributed by atoms with Gasteiger partial charge in [-0.2, -0.15) is 5.26 Å². The second-order valence-electron chi connectivity index (χ2n) is 4.92. The summed E-state index contributed by atoms with van der Waals surface area (Å²) >= 11 is 6.15. The number of halogens is 1. The monoisotopic (exact) mass is 286 g/mol. The zero-order valence-electron chi connectivity index (χ0n) is 11.4. The first-order valence-electron chi connectivity index (χ1n) is 6.42. The van der Waals surface area contributed by atoms with Crippen molar-refractivity contribution in [3.8, 4) is 6.07 Å². The average Bonchev–Trinajstić information content (AvgIpc) is 2.43. The van der Waals surface area contributed by atoms with E-state index in [-0.39, 0.29) is 17.0 Å². The number of hydrogen-bond acceptors (Lipinski definition) is 2. The molecule has 3 nitrogen and oxygen atoms in total. The van der Waals surface area contributed by atoms with E-state index in [9.17, 15) is 4.79 Å². The molecule has 0 saturated heterocycles. The number of benzene rings is 1. The second-order valence-corrected chi connectivity index (χ2v) is 5.33. The fraction of sp³-hybridized carbons (Fsp3) is 0.250. The van der Waals surface area contributed by atoms with Crippen molar-refractivity contribution in [2.75, 3.05) is 0 Å². The Morgan fingerprint density at radius 3 is 2.55 bits per heavy atom. The van der Waals surface area contributed by atoms with E-state index in [4.69, 9.17) is 16.9 Å². The highest BCUT2D eigenvalue weighted by molar-refractivity contribution is 6.31. The largest absolute Gasteiger partial charge is 0.307 e. The van der Waals surface area contributed by atoms with Gasteiger partial charge in [-0.3, -0.25) is 4.79 Å². The molecule has 0 radical (unpaired) electrons. The van der Waals surface area contributed by atoms with Crippen LogP contribution in [0.15, 0.2) is 41.2 Å². The summed E-state index contributed by atoms with van der Waals surface area (Å²) in [4.78, 5) is 12.3. The van der Waals surface area contributed by atoms with Gasteiger partial charge in [-0.15, -0.1) is 0 Å². The summed E-state index contributed by atoms with van der Waals surface area (Å²) in [6.45, 7) is 4.41. The first kappa shape index (κ1) is 14.4. The molecule has 2 rings (SSSR count). The molecular weight excluding hydrogens is 272 g/mol. The highest BCUT2D eigenvalue weighted by atomic mass is 35.5. The summed E-state index contributed by atoms with van der Waals surface area (Å²) in [7, 11) is 0. The molecule has 1 heterocycles. The Labute approximate surface area is 123 Å². The zero-order valence-corrected chi connectivity index (χ0v) is 12.2. The summed E-state index contributed by atoms with van der Waals surface area (Å²) in [5, 5.41) is 9.63. The van der Waals surface area contributed by atoms with Crippen LogP contribution in [0.2, 0.25) is 5.02 Å². The Balaban J connectivity index is 2.58. The third-order valence-corrected chi connectivity index (χ3v) is 3.58. The maximum atomic E-state index is 12.3. The highest BCUT2D eigenvalue weighted by Gasteiger charge is 2.12. The van der Waals surface area contributed by atoms with E-state index in [0.29, 0.717) is 11.6 Å². The lowest BCUT2D eigenvalue weighted by molar-refractivity contribution is 0.657. The lowest BCUT2D eigenvalue weighted by atomic mass is 10.1. The number of aromatic nitrogens is 1. The van der Waals surface area contributed by atoms with Crippen molar-refractivity contribution in [1.82, 2.24) is 4.57 Å². The van der Waals surface area contributed by atoms with Crippen LogP contribution in [0.4, 0.5) is 0 Å². The fourth-order valence-corrected chi connectivity index (χ4v) is 2.34. The normalized spacial score (nSPS) is 10.6. The summed E-state index contributed by atoms with van der Waals surface area (Å²) in [6.07, 6.45) is 0. The van der Waals surface area contributed by atoms with E-state index in [1.165, 1.54) is 0 Å². The van der Waals surface area contributed by atoms with Crippen molar-refractivity contribution in [2.24, 2.45) is 0 Å². The molecule has 2 aromatic rings. The number of nitriles is 1. The van der Waals surface area contributed by atoms with E-state index in [2.05, 4.69) is 0 Å². The molecule has 0 atom stereocenters. The summed E-state index contributed by atoms with van der Waals surface area (Å²) in [5.41, 5.74) is 1.65. The Kier molecular flexibility index (Phi) is 4.26. The van der Waals surface area contributed by atoms with Crippen LogP contribution >= 0.6 is 11.6 Å². The van der Waals surface area contributed by atoms with Crippen LogP contribution in [-0.2, 0) is 6.54 Å². The van der Waals surface area contributed by atoms with E-state index in [1.54, 1.807) is 16.7 Å². The molecule has 0 amide bonds. The van der Waals surface area contributed by atoms with Gasteiger partial charge in [0.05, 0.1) is 6.54 Å². The molecule has 1 aromatic carbocycles. The van der Waals surface area contributed by atoms with Gasteiger partial charge in [0.1, 0.15) is 11.6 Å². The Bertz CT molecular complexity index is 726. The molecule has 20 heavy (non-hydrogen) atoms. The molecule has 0 unspecified atom stereocenters. The van der Waals surface area contributed by atoms with Crippen LogP contribution in [0.5, 0.6) is 0 Å². The lowest BCUT2D eigenvalue weighted by Crippen LogP contribution is -2.26. The summed E-state index contributed by atoms with van der Waals surface area (Å²) in [5.74, 6) is 0.193. The summed E-state index contributed by atoms with van der Waals surface area (Å²) < 4.78 is 1.63. The Morgan fingerprint density at radius 2 is 1.95 bits per heavy atom. The maximum Gasteiger partial charge on any atom is 0.268 e. The van der Waals surface area contributed by atoms with E-state index < -0.39 is 0 Å². The molecule has 0 saturated carbocycles. The van der Waals surface area contributed by atoms with Crippen LogP contribution in [0, 0.1) is 11.3 Å². The van der Waals surface area contributed by atoms with Crippen LogP contribution in [0.25, 0.3) is 0 Å². The zero-order chi connectivity index (χ0) is 14.7. The van der Waals surface area contributed by atoms with Gasteiger partial charge in [0, 0.05) is 10.7 Å². The highest BCUT2D eigenvalue weighted by Crippen LogP contribution is 2.19. The van der Waals surface area contributed by atoms with Crippen molar-refractivity contribution >= 4 is 11.6 Å². The minimum absolute atomic E-state index is 0.154. The first-order chi connectivity index (χ1) is 9.54. The first-order valence-corrected chi connectivity index (χ1v) is 6.79. The van der Waals surface area contributed by atoms with E-state index in [0.717, 1.165) is 11.3 Å². The quantitative estimate of drug-likeness (QED) is 0.866. The summed E-state index contributed by atoms with van der Waals surface area (Å²) in [6, 6.07) is 12.8. The number of hydrogen-bond donors (Lipinski definition) is 0. The maximum absolute atomic E-state index is 12.3. The topological polar surface area (TPSA) is 45.8 Å². The molecule has 0 fully saturated rings. The van der Waals surface area contributed by atoms with Gasteiger partial charge in [-0.25, -0.2) is 0 Å². The smallest absolute Gasteiger partial charge is 0.268 e. The molecule has 0 bridgehead atoms. The van der Waals surface area contributed by atoms with Crippen molar-refractivity contribution in [3.63, 3.8) is 0 Å². The Morgan fingerprint density at radius 1 is 1.25 bits per heavy atom. The van der Waals surface area contributed by atoms with Crippen LogP contribution < -0.4 is 5.56 Å². The van der Waals surface area contributed by atoms with Crippen molar-refractivity contribution < 1.29 is 0 Å². The molecule has 1 aromatic heterocycles. The molecule has 0 aliphatic rings. The van der Waals surface area contributed by atoms with Gasteiger partial charge in [0.2, 0.25) is 0 Å². The third kappa shape index (κ3) is 2.76. The van der Waals surface area contributed by atoms with Crippen LogP contribution in [-0.4, -0.2) is 4.57 Å². The predicted octanol–water partition coefficient (Wildman–Crippen LogP) is 3.55. The minimum atomic E-state index is -0.265. The molecule has 0 aliphatic carbocycles. The van der Waals surface area contributed by atoms with Gasteiger partial charge < -0.3 is 4.57 Å². The molecule has 0 N–H and O–H groups in total. The van der Waals surface area contributed by atoms with Gasteiger partial charge in [-0.05, 0) is 29.7 Å². The van der Waals surface area contributed by atoms with Crippen molar-refractivity contribution in [1.29, 1.82) is 5.26 Å². The van der Waals surface area contributed by atoms with Crippen LogP contribution in [0.1, 0.15) is 36.6 Å². The molecule has 0 spiro atoms. The van der Waals surface area contributed by atoms with Crippen molar-refractivity contribution in [2.45, 2.75) is 26.3 Å². The number of nitrogens with zero attached hydrogens (tertiary/aromatic N) is 2. The lowest BCUT2D eigenvalue weighted by Gasteiger charge is -2.16. The second kappa shape index (κ2) is 5.94. The third-order valence-electron chi connectivity index (χ3n) is 3.21. The minimum Gasteiger partial charge on any atom is -0.307 e. The fourth-order valence-electron chi connectivity index (χ4n) is 2.14. The molecule has 4 heteroatoms. The standard InChI is InChI=1S/C16H15ClN2O/c1-11(2)15-8-7-12(9-18)16(20)19(15)10-13-5-3-4-6-14(13)17/h3-8,11H,10H2,1-2H3. The van der Waals surface area contributed by atoms with Gasteiger partial charge in [0.25, 0.3) is 5.56 Å². The van der Waals surface area contributed by atoms with Crippen LogP contribution in [0.3, 0.4) is 0 Å². The van der Waals surface area contributed by atoms with E-state index >= 15 is 0 Å². The molecule has 102 valence electrons. The van der Waals surface area contributed by atoms with E-state index in [1.807, 2.05) is 44.2 Å². The molecular formula is C16H15ClN2O. The van der Waals surface area contributed by atoms with Gasteiger partial charge in [-0.1, -0.05) is 43.6 Å². The molecule has 0 aliphatic heterocycles. The van der Waals surface area contributed by atoms with Gasteiger partial charge >= 0.3 is 0 Å². The van der Waals surface area contributed by atoms with Gasteiger partial charge in [0.15, 0.2) is 0 Å². The number of pyridine rings is 1. The van der Waals surface area contributed by atoms with Crippen molar-refractivity contribution in [3.05, 3.63) is 68.6 Å².